The van der Waals surface area contributed by atoms with E-state index in [1.165, 1.54) is 23.1 Å². The number of hydrogen-bond acceptors (Lipinski definition) is 7. The summed E-state index contributed by atoms with van der Waals surface area (Å²) in [5, 5.41) is 2.42. The summed E-state index contributed by atoms with van der Waals surface area (Å²) >= 11 is 2.58. The molecule has 7 heteroatoms. The minimum Gasteiger partial charge on any atom is -0.485 e. The van der Waals surface area contributed by atoms with Gasteiger partial charge in [0.2, 0.25) is 5.12 Å². The molecule has 0 bridgehead atoms. The fourth-order valence-corrected chi connectivity index (χ4v) is 3.85. The van der Waals surface area contributed by atoms with Gasteiger partial charge in [0, 0.05) is 5.38 Å². The van der Waals surface area contributed by atoms with E-state index >= 15 is 0 Å². The lowest BCUT2D eigenvalue weighted by Crippen LogP contribution is -2.21. The molecule has 0 amide bonds. The van der Waals surface area contributed by atoms with Crippen molar-refractivity contribution in [1.29, 1.82) is 0 Å². The molecule has 3 heterocycles. The van der Waals surface area contributed by atoms with Crippen LogP contribution in [0.25, 0.3) is 0 Å². The topological polar surface area (TPSA) is 61.6 Å². The molecule has 1 aliphatic heterocycles. The highest BCUT2D eigenvalue weighted by atomic mass is 32.2. The maximum absolute atomic E-state index is 12.2. The predicted molar refractivity (Wildman–Crippen MR) is 91.8 cm³/mol. The van der Waals surface area contributed by atoms with Crippen LogP contribution < -0.4 is 9.47 Å². The minimum atomic E-state index is -0.290. The van der Waals surface area contributed by atoms with Gasteiger partial charge in [0.15, 0.2) is 17.6 Å². The van der Waals surface area contributed by atoms with Gasteiger partial charge in [-0.2, -0.15) is 0 Å². The Morgan fingerprint density at radius 1 is 1.25 bits per heavy atom. The molecule has 24 heavy (non-hydrogen) atoms. The molecule has 1 aromatic carbocycles. The fourth-order valence-electron chi connectivity index (χ4n) is 2.28. The molecule has 0 radical (unpaired) electrons. The first kappa shape index (κ1) is 15.3. The molecule has 0 saturated heterocycles. The second-order valence-corrected chi connectivity index (χ2v) is 6.93. The fraction of sp³-hybridized carbons (Fsp3) is 0.176. The van der Waals surface area contributed by atoms with Gasteiger partial charge >= 0.3 is 0 Å². The molecular formula is C17H13NO4S2. The van der Waals surface area contributed by atoms with Gasteiger partial charge in [-0.1, -0.05) is 23.9 Å². The molecule has 0 aliphatic carbocycles. The zero-order valence-electron chi connectivity index (χ0n) is 12.5. The van der Waals surface area contributed by atoms with E-state index in [1.807, 2.05) is 30.3 Å². The molecule has 4 rings (SSSR count). The summed E-state index contributed by atoms with van der Waals surface area (Å²) in [5.41, 5.74) is 0.439. The Labute approximate surface area is 146 Å². The SMILES string of the molecule is O=C(SCc1ccco1)c1csc([C@H]2COc3ccccc3O2)n1. The van der Waals surface area contributed by atoms with E-state index in [0.29, 0.717) is 23.8 Å². The number of furan rings is 1. The van der Waals surface area contributed by atoms with Crippen LogP contribution in [-0.4, -0.2) is 16.7 Å². The van der Waals surface area contributed by atoms with Crippen molar-refractivity contribution in [2.75, 3.05) is 6.61 Å². The first-order chi connectivity index (χ1) is 11.8. The number of thioether (sulfide) groups is 1. The van der Waals surface area contributed by atoms with Gasteiger partial charge in [0.1, 0.15) is 23.1 Å². The summed E-state index contributed by atoms with van der Waals surface area (Å²) in [5.74, 6) is 2.69. The minimum absolute atomic E-state index is 0.0778. The zero-order chi connectivity index (χ0) is 16.4. The van der Waals surface area contributed by atoms with Crippen molar-refractivity contribution >= 4 is 28.2 Å². The smallest absolute Gasteiger partial charge is 0.239 e. The molecule has 3 aromatic rings. The molecule has 0 unspecified atom stereocenters. The summed E-state index contributed by atoms with van der Waals surface area (Å²) in [4.78, 5) is 16.6. The Bertz CT molecular complexity index is 844. The molecule has 122 valence electrons. The summed E-state index contributed by atoms with van der Waals surface area (Å²) in [6.07, 6.45) is 1.31. The average Bonchev–Trinajstić information content (AvgIpc) is 3.31. The number of benzene rings is 1. The van der Waals surface area contributed by atoms with E-state index in [1.54, 1.807) is 17.7 Å². The molecule has 0 spiro atoms. The van der Waals surface area contributed by atoms with Gasteiger partial charge in [-0.05, 0) is 24.3 Å². The highest BCUT2D eigenvalue weighted by molar-refractivity contribution is 8.13. The third-order valence-electron chi connectivity index (χ3n) is 3.44. The van der Waals surface area contributed by atoms with Crippen molar-refractivity contribution in [3.8, 4) is 11.5 Å². The van der Waals surface area contributed by atoms with Crippen molar-refractivity contribution < 1.29 is 18.7 Å². The van der Waals surface area contributed by atoms with Crippen molar-refractivity contribution in [2.24, 2.45) is 0 Å². The molecule has 1 aliphatic rings. The summed E-state index contributed by atoms with van der Waals surface area (Å²) < 4.78 is 16.8. The van der Waals surface area contributed by atoms with Gasteiger partial charge < -0.3 is 13.9 Å². The van der Waals surface area contributed by atoms with Gasteiger partial charge in [0.25, 0.3) is 0 Å². The van der Waals surface area contributed by atoms with Gasteiger partial charge in [0.05, 0.1) is 12.0 Å². The van der Waals surface area contributed by atoms with Crippen LogP contribution in [0.3, 0.4) is 0 Å². The van der Waals surface area contributed by atoms with Gasteiger partial charge in [-0.25, -0.2) is 4.98 Å². The predicted octanol–water partition coefficient (Wildman–Crippen LogP) is 4.32. The lowest BCUT2D eigenvalue weighted by molar-refractivity contribution is 0.0908. The van der Waals surface area contributed by atoms with E-state index in [2.05, 4.69) is 4.98 Å². The normalized spacial score (nSPS) is 16.1. The standard InChI is InChI=1S/C17H13NO4S2/c19-17(24-9-11-4-3-7-20-11)12-10-23-16(18-12)15-8-21-13-5-1-2-6-14(13)22-15/h1-7,10,15H,8-9H2/t15-/m1/s1. The third kappa shape index (κ3) is 3.18. The number of carbonyl (C=O) groups is 1. The molecule has 5 nitrogen and oxygen atoms in total. The first-order valence-electron chi connectivity index (χ1n) is 7.33. The Kier molecular flexibility index (Phi) is 4.27. The molecule has 1 atom stereocenters. The number of aromatic nitrogens is 1. The summed E-state index contributed by atoms with van der Waals surface area (Å²) in [6, 6.07) is 11.2. The summed E-state index contributed by atoms with van der Waals surface area (Å²) in [7, 11) is 0. The molecule has 0 fully saturated rings. The van der Waals surface area contributed by atoms with Crippen LogP contribution in [0, 0.1) is 0 Å². The van der Waals surface area contributed by atoms with E-state index in [0.717, 1.165) is 16.5 Å². The second kappa shape index (κ2) is 6.70. The monoisotopic (exact) mass is 359 g/mol. The van der Waals surface area contributed by atoms with E-state index < -0.39 is 0 Å². The number of thiazole rings is 1. The highest BCUT2D eigenvalue weighted by Gasteiger charge is 2.26. The van der Waals surface area contributed by atoms with Crippen LogP contribution in [0.4, 0.5) is 0 Å². The second-order valence-electron chi connectivity index (χ2n) is 5.09. The third-order valence-corrected chi connectivity index (χ3v) is 5.28. The Balaban J connectivity index is 1.42. The quantitative estimate of drug-likeness (QED) is 0.691. The van der Waals surface area contributed by atoms with E-state index in [-0.39, 0.29) is 11.2 Å². The van der Waals surface area contributed by atoms with Crippen LogP contribution in [0.1, 0.15) is 27.4 Å². The van der Waals surface area contributed by atoms with E-state index in [9.17, 15) is 4.79 Å². The number of carbonyl (C=O) groups excluding carboxylic acids is 1. The van der Waals surface area contributed by atoms with Crippen LogP contribution in [0.15, 0.2) is 52.5 Å². The Hall–Kier alpha value is -2.25. The number of hydrogen-bond donors (Lipinski definition) is 0. The van der Waals surface area contributed by atoms with Crippen LogP contribution in [0.5, 0.6) is 11.5 Å². The lowest BCUT2D eigenvalue weighted by atomic mass is 10.2. The van der Waals surface area contributed by atoms with Crippen molar-refractivity contribution in [3.63, 3.8) is 0 Å². The summed E-state index contributed by atoms with van der Waals surface area (Å²) in [6.45, 7) is 0.387. The maximum atomic E-state index is 12.2. The van der Waals surface area contributed by atoms with Crippen LogP contribution >= 0.6 is 23.1 Å². The maximum Gasteiger partial charge on any atom is 0.239 e. The lowest BCUT2D eigenvalue weighted by Gasteiger charge is -2.24. The Morgan fingerprint density at radius 3 is 2.96 bits per heavy atom. The van der Waals surface area contributed by atoms with Gasteiger partial charge in [-0.3, -0.25) is 4.79 Å². The van der Waals surface area contributed by atoms with Gasteiger partial charge in [-0.15, -0.1) is 11.3 Å². The van der Waals surface area contributed by atoms with Crippen LogP contribution in [0.2, 0.25) is 0 Å². The number of ether oxygens (including phenoxy) is 2. The highest BCUT2D eigenvalue weighted by Crippen LogP contribution is 2.36. The van der Waals surface area contributed by atoms with E-state index in [4.69, 9.17) is 13.9 Å². The molecular weight excluding hydrogens is 346 g/mol. The first-order valence-corrected chi connectivity index (χ1v) is 9.19. The Morgan fingerprint density at radius 2 is 2.12 bits per heavy atom. The molecule has 0 saturated carbocycles. The van der Waals surface area contributed by atoms with Crippen molar-refractivity contribution in [3.05, 3.63) is 64.5 Å². The number of para-hydroxylation sites is 2. The molecule has 0 N–H and O–H groups in total. The molecule has 2 aromatic heterocycles. The van der Waals surface area contributed by atoms with Crippen molar-refractivity contribution in [2.45, 2.75) is 11.9 Å². The van der Waals surface area contributed by atoms with Crippen molar-refractivity contribution in [1.82, 2.24) is 4.98 Å². The average molecular weight is 359 g/mol. The van der Waals surface area contributed by atoms with Crippen LogP contribution in [-0.2, 0) is 5.75 Å². The number of rotatable bonds is 4. The number of nitrogens with zero attached hydrogens (tertiary/aromatic N) is 1. The number of fused-ring (bicyclic) bond motifs is 1. The largest absolute Gasteiger partial charge is 0.485 e. The zero-order valence-corrected chi connectivity index (χ0v) is 14.1.